The van der Waals surface area contributed by atoms with Crippen LogP contribution in [0.15, 0.2) is 48.5 Å². The minimum atomic E-state index is -3.57. The van der Waals surface area contributed by atoms with Crippen LogP contribution < -0.4 is 10.0 Å². The second-order valence-corrected chi connectivity index (χ2v) is 10.3. The lowest BCUT2D eigenvalue weighted by molar-refractivity contribution is 0.0548. The van der Waals surface area contributed by atoms with Crippen LogP contribution in [0.2, 0.25) is 0 Å². The zero-order valence-corrected chi connectivity index (χ0v) is 19.1. The van der Waals surface area contributed by atoms with Gasteiger partial charge in [-0.3, -0.25) is 19.3 Å². The van der Waals surface area contributed by atoms with E-state index in [1.165, 1.54) is 23.1 Å². The van der Waals surface area contributed by atoms with Crippen LogP contribution in [0.4, 0.5) is 0 Å². The number of hydrogen-bond acceptors (Lipinski definition) is 5. The summed E-state index contributed by atoms with van der Waals surface area (Å²) in [4.78, 5) is 39.6. The van der Waals surface area contributed by atoms with Gasteiger partial charge in [-0.1, -0.05) is 49.6 Å². The number of carbonyl (C=O) groups excluding carboxylic acids is 3. The summed E-state index contributed by atoms with van der Waals surface area (Å²) < 4.78 is 26.9. The molecule has 0 bridgehead atoms. The standard InChI is InChI=1S/C24H27N3O5S/c28-22(25-13-14-33(31,32)26-16-17-7-3-1-4-8-17)18-11-12-20-21(15-18)24(30)27(23(20)29)19-9-5-2-6-10-19/h1,3-4,7-8,11-12,15,19,26H,2,5-6,9-10,13-14,16H2,(H,25,28). The van der Waals surface area contributed by atoms with E-state index in [0.29, 0.717) is 5.56 Å². The number of imide groups is 1. The molecule has 2 aromatic carbocycles. The molecular weight excluding hydrogens is 442 g/mol. The van der Waals surface area contributed by atoms with E-state index in [1.54, 1.807) is 0 Å². The van der Waals surface area contributed by atoms with Crippen LogP contribution in [-0.4, -0.2) is 49.4 Å². The Morgan fingerprint density at radius 2 is 1.64 bits per heavy atom. The second kappa shape index (κ2) is 9.84. The van der Waals surface area contributed by atoms with Gasteiger partial charge in [0.15, 0.2) is 0 Å². The number of benzene rings is 2. The van der Waals surface area contributed by atoms with E-state index in [0.717, 1.165) is 37.7 Å². The van der Waals surface area contributed by atoms with Gasteiger partial charge in [-0.2, -0.15) is 0 Å². The van der Waals surface area contributed by atoms with E-state index in [2.05, 4.69) is 10.0 Å². The number of amides is 3. The Morgan fingerprint density at radius 1 is 0.939 bits per heavy atom. The molecule has 0 atom stereocenters. The molecule has 1 aliphatic heterocycles. The van der Waals surface area contributed by atoms with Crippen LogP contribution in [0.25, 0.3) is 0 Å². The van der Waals surface area contributed by atoms with Crippen LogP contribution in [0.1, 0.15) is 68.7 Å². The van der Waals surface area contributed by atoms with Crippen LogP contribution in [0, 0.1) is 0 Å². The Morgan fingerprint density at radius 3 is 2.36 bits per heavy atom. The average Bonchev–Trinajstić information content (AvgIpc) is 3.08. The molecule has 8 nitrogen and oxygen atoms in total. The van der Waals surface area contributed by atoms with E-state index in [9.17, 15) is 22.8 Å². The molecule has 0 spiro atoms. The third kappa shape index (κ3) is 5.31. The predicted molar refractivity (Wildman–Crippen MR) is 123 cm³/mol. The maximum atomic E-state index is 12.9. The first-order valence-electron chi connectivity index (χ1n) is 11.2. The summed E-state index contributed by atoms with van der Waals surface area (Å²) in [5, 5.41) is 2.58. The van der Waals surface area contributed by atoms with E-state index in [4.69, 9.17) is 0 Å². The fraction of sp³-hybridized carbons (Fsp3) is 0.375. The maximum absolute atomic E-state index is 12.9. The quantitative estimate of drug-likeness (QED) is 0.577. The molecule has 2 aromatic rings. The molecule has 1 fully saturated rings. The van der Waals surface area contributed by atoms with E-state index < -0.39 is 15.9 Å². The highest BCUT2D eigenvalue weighted by molar-refractivity contribution is 7.89. The number of nitrogens with one attached hydrogen (secondary N) is 2. The molecule has 1 saturated carbocycles. The van der Waals surface area contributed by atoms with Gasteiger partial charge in [0.05, 0.1) is 16.9 Å². The largest absolute Gasteiger partial charge is 0.351 e. The Kier molecular flexibility index (Phi) is 6.90. The lowest BCUT2D eigenvalue weighted by Gasteiger charge is -2.29. The third-order valence-corrected chi connectivity index (χ3v) is 7.44. The second-order valence-electron chi connectivity index (χ2n) is 8.41. The smallest absolute Gasteiger partial charge is 0.261 e. The lowest BCUT2D eigenvalue weighted by atomic mass is 9.94. The predicted octanol–water partition coefficient (Wildman–Crippen LogP) is 2.46. The van der Waals surface area contributed by atoms with E-state index >= 15 is 0 Å². The Balaban J connectivity index is 1.34. The summed E-state index contributed by atoms with van der Waals surface area (Å²) in [7, 11) is -3.57. The number of fused-ring (bicyclic) bond motifs is 1. The lowest BCUT2D eigenvalue weighted by Crippen LogP contribution is -2.40. The summed E-state index contributed by atoms with van der Waals surface area (Å²) in [6.07, 6.45) is 4.72. The molecular formula is C24H27N3O5S. The molecule has 0 aromatic heterocycles. The number of rotatable bonds is 8. The van der Waals surface area contributed by atoms with Crippen molar-refractivity contribution >= 4 is 27.7 Å². The van der Waals surface area contributed by atoms with Crippen molar-refractivity contribution in [1.29, 1.82) is 0 Å². The van der Waals surface area contributed by atoms with E-state index in [1.807, 2.05) is 30.3 Å². The Labute approximate surface area is 193 Å². The molecule has 174 valence electrons. The van der Waals surface area contributed by atoms with Crippen molar-refractivity contribution < 1.29 is 22.8 Å². The van der Waals surface area contributed by atoms with Crippen molar-refractivity contribution in [1.82, 2.24) is 14.9 Å². The number of nitrogens with zero attached hydrogens (tertiary/aromatic N) is 1. The normalized spacial score (nSPS) is 16.7. The van der Waals surface area contributed by atoms with Crippen molar-refractivity contribution in [3.8, 4) is 0 Å². The molecule has 0 saturated heterocycles. The first kappa shape index (κ1) is 23.1. The fourth-order valence-corrected chi connectivity index (χ4v) is 5.24. The molecule has 0 unspecified atom stereocenters. The highest BCUT2D eigenvalue weighted by atomic mass is 32.2. The van der Waals surface area contributed by atoms with E-state index in [-0.39, 0.29) is 47.8 Å². The summed E-state index contributed by atoms with van der Waals surface area (Å²) in [5.74, 6) is -1.43. The van der Waals surface area contributed by atoms with Gasteiger partial charge in [-0.05, 0) is 36.6 Å². The van der Waals surface area contributed by atoms with Gasteiger partial charge in [-0.15, -0.1) is 0 Å². The van der Waals surface area contributed by atoms with Gasteiger partial charge in [0.25, 0.3) is 17.7 Å². The molecule has 1 aliphatic carbocycles. The molecule has 2 aliphatic rings. The molecule has 0 radical (unpaired) electrons. The number of hydrogen-bond donors (Lipinski definition) is 2. The van der Waals surface area contributed by atoms with Gasteiger partial charge in [0.2, 0.25) is 10.0 Å². The molecule has 1 heterocycles. The van der Waals surface area contributed by atoms with Gasteiger partial charge in [-0.25, -0.2) is 13.1 Å². The molecule has 4 rings (SSSR count). The third-order valence-electron chi connectivity index (χ3n) is 6.12. The van der Waals surface area contributed by atoms with Crippen molar-refractivity contribution in [2.75, 3.05) is 12.3 Å². The summed E-state index contributed by atoms with van der Waals surface area (Å²) >= 11 is 0. The van der Waals surface area contributed by atoms with Crippen LogP contribution in [-0.2, 0) is 16.6 Å². The molecule has 3 amide bonds. The minimum absolute atomic E-state index is 0.0822. The molecule has 2 N–H and O–H groups in total. The monoisotopic (exact) mass is 469 g/mol. The Hall–Kier alpha value is -3.04. The Bertz CT molecular complexity index is 1160. The number of sulfonamides is 1. The maximum Gasteiger partial charge on any atom is 0.261 e. The highest BCUT2D eigenvalue weighted by Crippen LogP contribution is 2.31. The zero-order valence-electron chi connectivity index (χ0n) is 18.2. The first-order chi connectivity index (χ1) is 15.9. The summed E-state index contributed by atoms with van der Waals surface area (Å²) in [6.45, 7) is 0.0939. The highest BCUT2D eigenvalue weighted by Gasteiger charge is 2.40. The minimum Gasteiger partial charge on any atom is -0.351 e. The summed E-state index contributed by atoms with van der Waals surface area (Å²) in [6, 6.07) is 13.5. The average molecular weight is 470 g/mol. The first-order valence-corrected chi connectivity index (χ1v) is 12.8. The van der Waals surface area contributed by atoms with Crippen molar-refractivity contribution in [3.63, 3.8) is 0 Å². The van der Waals surface area contributed by atoms with Gasteiger partial charge in [0.1, 0.15) is 0 Å². The van der Waals surface area contributed by atoms with Crippen LogP contribution in [0.3, 0.4) is 0 Å². The fourth-order valence-electron chi connectivity index (χ4n) is 4.33. The van der Waals surface area contributed by atoms with Crippen LogP contribution >= 0.6 is 0 Å². The van der Waals surface area contributed by atoms with Crippen molar-refractivity contribution in [2.45, 2.75) is 44.7 Å². The topological polar surface area (TPSA) is 113 Å². The zero-order chi connectivity index (χ0) is 23.4. The van der Waals surface area contributed by atoms with Gasteiger partial charge < -0.3 is 5.32 Å². The SMILES string of the molecule is O=C(NCCS(=O)(=O)NCc1ccccc1)c1ccc2c(c1)C(=O)N(C1CCCCC1)C2=O. The van der Waals surface area contributed by atoms with Crippen molar-refractivity contribution in [2.24, 2.45) is 0 Å². The van der Waals surface area contributed by atoms with Crippen LogP contribution in [0.5, 0.6) is 0 Å². The number of carbonyl (C=O) groups is 3. The van der Waals surface area contributed by atoms with Gasteiger partial charge in [0, 0.05) is 24.7 Å². The summed E-state index contributed by atoms with van der Waals surface area (Å²) in [5.41, 5.74) is 1.60. The van der Waals surface area contributed by atoms with Crippen molar-refractivity contribution in [3.05, 3.63) is 70.8 Å². The molecule has 9 heteroatoms. The molecule has 33 heavy (non-hydrogen) atoms. The van der Waals surface area contributed by atoms with Gasteiger partial charge >= 0.3 is 0 Å².